The van der Waals surface area contributed by atoms with Gasteiger partial charge in [-0.3, -0.25) is 4.90 Å². The van der Waals surface area contributed by atoms with E-state index in [4.69, 9.17) is 0 Å². The quantitative estimate of drug-likeness (QED) is 0.864. The summed E-state index contributed by atoms with van der Waals surface area (Å²) in [5, 5.41) is 3.23. The standard InChI is InChI=1S/C15H23FN2/c1-17-9-8-13-3-2-10-18(11-13)12-14-4-6-15(16)7-5-14/h4-7,13,17H,2-3,8-12H2,1H3. The molecule has 1 N–H and O–H groups in total. The lowest BCUT2D eigenvalue weighted by atomic mass is 9.94. The summed E-state index contributed by atoms with van der Waals surface area (Å²) >= 11 is 0. The van der Waals surface area contributed by atoms with Crippen LogP contribution in [0.5, 0.6) is 0 Å². The van der Waals surface area contributed by atoms with Crippen LogP contribution in [-0.4, -0.2) is 31.6 Å². The Balaban J connectivity index is 1.83. The first-order valence-electron chi connectivity index (χ1n) is 6.89. The van der Waals surface area contributed by atoms with E-state index < -0.39 is 0 Å². The molecule has 1 heterocycles. The van der Waals surface area contributed by atoms with Gasteiger partial charge in [0, 0.05) is 13.1 Å². The predicted molar refractivity (Wildman–Crippen MR) is 72.9 cm³/mol. The Morgan fingerprint density at radius 1 is 1.33 bits per heavy atom. The first-order chi connectivity index (χ1) is 8.78. The Morgan fingerprint density at radius 2 is 2.11 bits per heavy atom. The molecule has 0 spiro atoms. The van der Waals surface area contributed by atoms with Crippen molar-refractivity contribution >= 4 is 0 Å². The fraction of sp³-hybridized carbons (Fsp3) is 0.600. The molecule has 0 amide bonds. The molecule has 0 aromatic heterocycles. The second kappa shape index (κ2) is 6.86. The van der Waals surface area contributed by atoms with E-state index in [1.807, 2.05) is 19.2 Å². The van der Waals surface area contributed by atoms with Crippen LogP contribution in [-0.2, 0) is 6.54 Å². The number of halogens is 1. The van der Waals surface area contributed by atoms with Crippen LogP contribution in [0, 0.1) is 11.7 Å². The van der Waals surface area contributed by atoms with Gasteiger partial charge in [0.1, 0.15) is 5.82 Å². The molecule has 2 nitrogen and oxygen atoms in total. The molecule has 1 aromatic rings. The van der Waals surface area contributed by atoms with Crippen LogP contribution < -0.4 is 5.32 Å². The molecule has 1 aliphatic rings. The summed E-state index contributed by atoms with van der Waals surface area (Å²) in [6.07, 6.45) is 3.90. The molecule has 3 heteroatoms. The normalized spacial score (nSPS) is 21.1. The third-order valence-corrected chi connectivity index (χ3v) is 3.73. The van der Waals surface area contributed by atoms with Gasteiger partial charge in [0.15, 0.2) is 0 Å². The molecule has 1 saturated heterocycles. The van der Waals surface area contributed by atoms with Crippen molar-refractivity contribution < 1.29 is 4.39 Å². The monoisotopic (exact) mass is 250 g/mol. The maximum Gasteiger partial charge on any atom is 0.123 e. The highest BCUT2D eigenvalue weighted by Crippen LogP contribution is 2.20. The second-order valence-electron chi connectivity index (χ2n) is 5.26. The molecule has 0 bridgehead atoms. The van der Waals surface area contributed by atoms with Crippen molar-refractivity contribution in [3.63, 3.8) is 0 Å². The summed E-state index contributed by atoms with van der Waals surface area (Å²) in [5.74, 6) is 0.663. The second-order valence-corrected chi connectivity index (χ2v) is 5.26. The van der Waals surface area contributed by atoms with Gasteiger partial charge < -0.3 is 5.32 Å². The van der Waals surface area contributed by atoms with Gasteiger partial charge in [0.05, 0.1) is 0 Å². The molecular weight excluding hydrogens is 227 g/mol. The Bertz CT molecular complexity index is 350. The molecule has 1 fully saturated rings. The van der Waals surface area contributed by atoms with Crippen molar-refractivity contribution in [1.82, 2.24) is 10.2 Å². The van der Waals surface area contributed by atoms with Crippen LogP contribution >= 0.6 is 0 Å². The minimum atomic E-state index is -0.149. The Morgan fingerprint density at radius 3 is 2.83 bits per heavy atom. The summed E-state index contributed by atoms with van der Waals surface area (Å²) in [7, 11) is 2.01. The van der Waals surface area contributed by atoms with Crippen molar-refractivity contribution in [1.29, 1.82) is 0 Å². The molecule has 1 aliphatic heterocycles. The van der Waals surface area contributed by atoms with Gasteiger partial charge >= 0.3 is 0 Å². The first-order valence-corrected chi connectivity index (χ1v) is 6.89. The van der Waals surface area contributed by atoms with E-state index in [0.29, 0.717) is 0 Å². The number of hydrogen-bond donors (Lipinski definition) is 1. The molecule has 1 atom stereocenters. The lowest BCUT2D eigenvalue weighted by Gasteiger charge is -2.32. The molecule has 1 aromatic carbocycles. The fourth-order valence-electron chi connectivity index (χ4n) is 2.73. The number of nitrogens with zero attached hydrogens (tertiary/aromatic N) is 1. The first kappa shape index (κ1) is 13.5. The smallest absolute Gasteiger partial charge is 0.123 e. The topological polar surface area (TPSA) is 15.3 Å². The predicted octanol–water partition coefficient (Wildman–Crippen LogP) is 2.65. The molecule has 100 valence electrons. The van der Waals surface area contributed by atoms with Crippen LogP contribution in [0.2, 0.25) is 0 Å². The van der Waals surface area contributed by atoms with E-state index in [2.05, 4.69) is 10.2 Å². The van der Waals surface area contributed by atoms with Gasteiger partial charge in [0.2, 0.25) is 0 Å². The highest BCUT2D eigenvalue weighted by molar-refractivity contribution is 5.15. The van der Waals surface area contributed by atoms with Gasteiger partial charge in [0.25, 0.3) is 0 Å². The molecule has 18 heavy (non-hydrogen) atoms. The largest absolute Gasteiger partial charge is 0.320 e. The van der Waals surface area contributed by atoms with Crippen molar-refractivity contribution in [2.45, 2.75) is 25.8 Å². The van der Waals surface area contributed by atoms with Gasteiger partial charge in [-0.05, 0) is 63.0 Å². The molecule has 0 aliphatic carbocycles. The fourth-order valence-corrected chi connectivity index (χ4v) is 2.73. The van der Waals surface area contributed by atoms with Crippen molar-refractivity contribution in [3.8, 4) is 0 Å². The Hall–Kier alpha value is -0.930. The number of likely N-dealkylation sites (tertiary alicyclic amines) is 1. The third-order valence-electron chi connectivity index (χ3n) is 3.73. The molecule has 2 rings (SSSR count). The zero-order chi connectivity index (χ0) is 12.8. The Labute approximate surface area is 109 Å². The van der Waals surface area contributed by atoms with Gasteiger partial charge in [-0.15, -0.1) is 0 Å². The van der Waals surface area contributed by atoms with E-state index in [0.717, 1.165) is 19.0 Å². The maximum atomic E-state index is 12.8. The van der Waals surface area contributed by atoms with E-state index in [1.165, 1.54) is 37.9 Å². The number of hydrogen-bond acceptors (Lipinski definition) is 2. The van der Waals surface area contributed by atoms with Gasteiger partial charge in [-0.2, -0.15) is 0 Å². The zero-order valence-electron chi connectivity index (χ0n) is 11.2. The van der Waals surface area contributed by atoms with Gasteiger partial charge in [-0.1, -0.05) is 12.1 Å². The van der Waals surface area contributed by atoms with Crippen LogP contribution in [0.1, 0.15) is 24.8 Å². The van der Waals surface area contributed by atoms with E-state index in [9.17, 15) is 4.39 Å². The van der Waals surface area contributed by atoms with E-state index in [1.54, 1.807) is 12.1 Å². The third kappa shape index (κ3) is 4.07. The van der Waals surface area contributed by atoms with Crippen LogP contribution in [0.3, 0.4) is 0 Å². The average Bonchev–Trinajstić information content (AvgIpc) is 2.40. The van der Waals surface area contributed by atoms with Crippen LogP contribution in [0.4, 0.5) is 4.39 Å². The lowest BCUT2D eigenvalue weighted by Crippen LogP contribution is -2.35. The van der Waals surface area contributed by atoms with Gasteiger partial charge in [-0.25, -0.2) is 4.39 Å². The highest BCUT2D eigenvalue weighted by atomic mass is 19.1. The van der Waals surface area contributed by atoms with Crippen LogP contribution in [0.25, 0.3) is 0 Å². The minimum absolute atomic E-state index is 0.149. The summed E-state index contributed by atoms with van der Waals surface area (Å²) in [6.45, 7) is 4.41. The average molecular weight is 250 g/mol. The van der Waals surface area contributed by atoms with Crippen LogP contribution in [0.15, 0.2) is 24.3 Å². The summed E-state index contributed by atoms with van der Waals surface area (Å²) in [6, 6.07) is 6.90. The molecule has 0 radical (unpaired) electrons. The highest BCUT2D eigenvalue weighted by Gasteiger charge is 2.19. The molecule has 1 unspecified atom stereocenters. The summed E-state index contributed by atoms with van der Waals surface area (Å²) in [5.41, 5.74) is 1.21. The SMILES string of the molecule is CNCCC1CCCN(Cc2ccc(F)cc2)C1. The Kier molecular flexibility index (Phi) is 5.14. The van der Waals surface area contributed by atoms with E-state index in [-0.39, 0.29) is 5.82 Å². The number of nitrogens with one attached hydrogen (secondary N) is 1. The molecular formula is C15H23FN2. The number of rotatable bonds is 5. The summed E-state index contributed by atoms with van der Waals surface area (Å²) < 4.78 is 12.8. The van der Waals surface area contributed by atoms with Crippen molar-refractivity contribution in [2.24, 2.45) is 5.92 Å². The minimum Gasteiger partial charge on any atom is -0.320 e. The van der Waals surface area contributed by atoms with Crippen molar-refractivity contribution in [3.05, 3.63) is 35.6 Å². The lowest BCUT2D eigenvalue weighted by molar-refractivity contribution is 0.162. The molecule has 0 saturated carbocycles. The van der Waals surface area contributed by atoms with E-state index >= 15 is 0 Å². The number of benzene rings is 1. The number of piperidine rings is 1. The zero-order valence-corrected chi connectivity index (χ0v) is 11.2. The summed E-state index contributed by atoms with van der Waals surface area (Å²) in [4.78, 5) is 2.50. The maximum absolute atomic E-state index is 12.8. The van der Waals surface area contributed by atoms with Crippen molar-refractivity contribution in [2.75, 3.05) is 26.7 Å².